The van der Waals surface area contributed by atoms with Crippen LogP contribution in [0.25, 0.3) is 11.0 Å². The molecule has 9 nitrogen and oxygen atoms in total. The zero-order valence-electron chi connectivity index (χ0n) is 19.9. The largest absolute Gasteiger partial charge is 0.483 e. The number of nitrogens with one attached hydrogen (secondary N) is 1. The molecule has 1 aromatic carbocycles. The van der Waals surface area contributed by atoms with Gasteiger partial charge in [0.05, 0.1) is 18.1 Å². The Balaban J connectivity index is 1.16. The number of hydrogen-bond donors (Lipinski definition) is 1. The molecule has 0 aliphatic carbocycles. The van der Waals surface area contributed by atoms with Crippen molar-refractivity contribution in [3.8, 4) is 11.5 Å². The molecule has 0 radical (unpaired) electrons. The Labute approximate surface area is 199 Å². The fourth-order valence-electron chi connectivity index (χ4n) is 4.78. The third kappa shape index (κ3) is 4.78. The van der Waals surface area contributed by atoms with Gasteiger partial charge in [0.1, 0.15) is 17.7 Å². The van der Waals surface area contributed by atoms with Gasteiger partial charge >= 0.3 is 0 Å². The lowest BCUT2D eigenvalue weighted by Crippen LogP contribution is -2.32. The Bertz CT molecular complexity index is 1170. The SMILES string of the molecule is CC1(C)Cc2cccc(OCC(=O)NCCn3ncc4c(N5CCCCCC5)ncnc43)c2O1. The summed E-state index contributed by atoms with van der Waals surface area (Å²) in [5.74, 6) is 2.11. The molecular formula is C25H32N6O3. The van der Waals surface area contributed by atoms with Gasteiger partial charge in [0, 0.05) is 31.6 Å². The first-order valence-corrected chi connectivity index (χ1v) is 12.1. The smallest absolute Gasteiger partial charge is 0.258 e. The van der Waals surface area contributed by atoms with Gasteiger partial charge in [-0.15, -0.1) is 0 Å². The van der Waals surface area contributed by atoms with Crippen LogP contribution >= 0.6 is 0 Å². The number of carbonyl (C=O) groups excluding carboxylic acids is 1. The van der Waals surface area contributed by atoms with E-state index < -0.39 is 0 Å². The van der Waals surface area contributed by atoms with Crippen molar-refractivity contribution in [1.82, 2.24) is 25.1 Å². The van der Waals surface area contributed by atoms with Crippen LogP contribution in [0, 0.1) is 0 Å². The highest BCUT2D eigenvalue weighted by atomic mass is 16.5. The van der Waals surface area contributed by atoms with E-state index in [-0.39, 0.29) is 18.1 Å². The summed E-state index contributed by atoms with van der Waals surface area (Å²) in [6.07, 6.45) is 9.17. The van der Waals surface area contributed by atoms with E-state index in [4.69, 9.17) is 9.47 Å². The second-order valence-electron chi connectivity index (χ2n) is 9.63. The number of benzene rings is 1. The summed E-state index contributed by atoms with van der Waals surface area (Å²) in [4.78, 5) is 23.7. The van der Waals surface area contributed by atoms with Gasteiger partial charge in [0.2, 0.25) is 0 Å². The summed E-state index contributed by atoms with van der Waals surface area (Å²) in [5, 5.41) is 8.37. The second-order valence-corrected chi connectivity index (χ2v) is 9.63. The molecule has 180 valence electrons. The van der Waals surface area contributed by atoms with E-state index in [0.717, 1.165) is 47.7 Å². The van der Waals surface area contributed by atoms with Crippen LogP contribution in [-0.2, 0) is 17.8 Å². The molecule has 4 heterocycles. The van der Waals surface area contributed by atoms with Crippen molar-refractivity contribution < 1.29 is 14.3 Å². The molecule has 0 spiro atoms. The Kier molecular flexibility index (Phi) is 6.26. The van der Waals surface area contributed by atoms with Gasteiger partial charge in [-0.3, -0.25) is 4.79 Å². The fourth-order valence-corrected chi connectivity index (χ4v) is 4.78. The number of nitrogens with zero attached hydrogens (tertiary/aromatic N) is 5. The van der Waals surface area contributed by atoms with E-state index in [1.807, 2.05) is 42.9 Å². The van der Waals surface area contributed by atoms with Gasteiger partial charge in [-0.1, -0.05) is 25.0 Å². The monoisotopic (exact) mass is 464 g/mol. The van der Waals surface area contributed by atoms with Crippen molar-refractivity contribution in [2.45, 2.75) is 58.1 Å². The molecule has 34 heavy (non-hydrogen) atoms. The third-order valence-electron chi connectivity index (χ3n) is 6.38. The average molecular weight is 465 g/mol. The van der Waals surface area contributed by atoms with E-state index >= 15 is 0 Å². The zero-order valence-corrected chi connectivity index (χ0v) is 19.9. The van der Waals surface area contributed by atoms with E-state index in [2.05, 4.69) is 25.3 Å². The van der Waals surface area contributed by atoms with E-state index in [0.29, 0.717) is 18.8 Å². The number of anilines is 1. The van der Waals surface area contributed by atoms with Crippen molar-refractivity contribution in [2.24, 2.45) is 0 Å². The quantitative estimate of drug-likeness (QED) is 0.574. The number of ether oxygens (including phenoxy) is 2. The molecule has 0 unspecified atom stereocenters. The first kappa shape index (κ1) is 22.4. The number of amides is 1. The van der Waals surface area contributed by atoms with Crippen molar-refractivity contribution in [2.75, 3.05) is 31.1 Å². The average Bonchev–Trinajstić information content (AvgIpc) is 3.25. The number of fused-ring (bicyclic) bond motifs is 2. The first-order chi connectivity index (χ1) is 16.5. The number of rotatable bonds is 7. The molecule has 0 bridgehead atoms. The summed E-state index contributed by atoms with van der Waals surface area (Å²) < 4.78 is 13.6. The molecule has 2 aliphatic heterocycles. The molecule has 0 saturated carbocycles. The molecule has 3 aromatic rings. The van der Waals surface area contributed by atoms with E-state index in [1.165, 1.54) is 25.7 Å². The number of aromatic nitrogens is 4. The van der Waals surface area contributed by atoms with Gasteiger partial charge < -0.3 is 19.7 Å². The lowest BCUT2D eigenvalue weighted by molar-refractivity contribution is -0.123. The van der Waals surface area contributed by atoms with Crippen molar-refractivity contribution in [3.05, 3.63) is 36.3 Å². The predicted octanol–water partition coefficient (Wildman–Crippen LogP) is 3.12. The van der Waals surface area contributed by atoms with Crippen LogP contribution in [0.1, 0.15) is 45.1 Å². The standard InChI is InChI=1S/C25H32N6O3/c1-25(2)14-18-8-7-9-20(22(18)34-25)33-16-21(32)26-10-13-31-24-19(15-29-31)23(27-17-28-24)30-11-5-3-4-6-12-30/h7-9,15,17H,3-6,10-14,16H2,1-2H3,(H,26,32). The van der Waals surface area contributed by atoms with Crippen molar-refractivity contribution in [1.29, 1.82) is 0 Å². The van der Waals surface area contributed by atoms with Gasteiger partial charge in [-0.25, -0.2) is 14.6 Å². The maximum atomic E-state index is 12.4. The van der Waals surface area contributed by atoms with Crippen molar-refractivity contribution >= 4 is 22.8 Å². The van der Waals surface area contributed by atoms with Crippen LogP contribution in [0.5, 0.6) is 11.5 Å². The van der Waals surface area contributed by atoms with Crippen molar-refractivity contribution in [3.63, 3.8) is 0 Å². The third-order valence-corrected chi connectivity index (χ3v) is 6.38. The minimum absolute atomic E-state index is 0.0681. The highest BCUT2D eigenvalue weighted by Gasteiger charge is 2.32. The lowest BCUT2D eigenvalue weighted by Gasteiger charge is -2.21. The van der Waals surface area contributed by atoms with E-state index in [9.17, 15) is 4.79 Å². The molecule has 1 amide bonds. The second kappa shape index (κ2) is 9.48. The predicted molar refractivity (Wildman–Crippen MR) is 129 cm³/mol. The zero-order chi connectivity index (χ0) is 23.5. The molecule has 2 aliphatic rings. The highest BCUT2D eigenvalue weighted by Crippen LogP contribution is 2.41. The minimum Gasteiger partial charge on any atom is -0.483 e. The topological polar surface area (TPSA) is 94.4 Å². The van der Waals surface area contributed by atoms with Crippen LogP contribution in [0.4, 0.5) is 5.82 Å². The Hall–Kier alpha value is -3.36. The van der Waals surface area contributed by atoms with Crippen LogP contribution in [0.3, 0.4) is 0 Å². The molecular weight excluding hydrogens is 432 g/mol. The molecule has 1 N–H and O–H groups in total. The van der Waals surface area contributed by atoms with Gasteiger partial charge in [-0.2, -0.15) is 5.10 Å². The molecule has 9 heteroatoms. The molecule has 0 atom stereocenters. The first-order valence-electron chi connectivity index (χ1n) is 12.1. The fraction of sp³-hybridized carbons (Fsp3) is 0.520. The Morgan fingerprint density at radius 2 is 2.00 bits per heavy atom. The number of para-hydroxylation sites is 1. The molecule has 1 saturated heterocycles. The summed E-state index contributed by atoms with van der Waals surface area (Å²) in [7, 11) is 0. The van der Waals surface area contributed by atoms with Gasteiger partial charge in [0.15, 0.2) is 23.8 Å². The van der Waals surface area contributed by atoms with E-state index in [1.54, 1.807) is 6.33 Å². The normalized spacial score (nSPS) is 17.2. The van der Waals surface area contributed by atoms with Crippen LogP contribution in [0.15, 0.2) is 30.7 Å². The summed E-state index contributed by atoms with van der Waals surface area (Å²) in [6, 6.07) is 5.81. The van der Waals surface area contributed by atoms with Gasteiger partial charge in [-0.05, 0) is 32.8 Å². The maximum Gasteiger partial charge on any atom is 0.258 e. The summed E-state index contributed by atoms with van der Waals surface area (Å²) in [6.45, 7) is 7.00. The lowest BCUT2D eigenvalue weighted by atomic mass is 10.0. The van der Waals surface area contributed by atoms with Crippen LogP contribution < -0.4 is 19.7 Å². The minimum atomic E-state index is -0.257. The van der Waals surface area contributed by atoms with Gasteiger partial charge in [0.25, 0.3) is 5.91 Å². The summed E-state index contributed by atoms with van der Waals surface area (Å²) in [5.41, 5.74) is 1.64. The highest BCUT2D eigenvalue weighted by molar-refractivity contribution is 5.86. The van der Waals surface area contributed by atoms with Crippen LogP contribution in [0.2, 0.25) is 0 Å². The molecule has 1 fully saturated rings. The van der Waals surface area contributed by atoms with Crippen LogP contribution in [-0.4, -0.2) is 57.5 Å². The maximum absolute atomic E-state index is 12.4. The molecule has 2 aromatic heterocycles. The number of carbonyl (C=O) groups is 1. The Morgan fingerprint density at radius 1 is 1.18 bits per heavy atom. The molecule has 5 rings (SSSR count). The summed E-state index contributed by atoms with van der Waals surface area (Å²) >= 11 is 0. The number of hydrogen-bond acceptors (Lipinski definition) is 7. The Morgan fingerprint density at radius 3 is 2.82 bits per heavy atom.